The van der Waals surface area contributed by atoms with Gasteiger partial charge in [0.05, 0.1) is 11.4 Å². The van der Waals surface area contributed by atoms with Crippen LogP contribution in [-0.4, -0.2) is 31.3 Å². The minimum Gasteiger partial charge on any atom is -0.308 e. The first kappa shape index (κ1) is 16.2. The van der Waals surface area contributed by atoms with Crippen molar-refractivity contribution in [1.29, 1.82) is 0 Å². The van der Waals surface area contributed by atoms with Gasteiger partial charge < -0.3 is 4.90 Å². The van der Waals surface area contributed by atoms with E-state index in [0.29, 0.717) is 0 Å². The molecule has 0 saturated carbocycles. The Labute approximate surface area is 133 Å². The molecule has 22 heavy (non-hydrogen) atoms. The molecule has 2 aromatic rings. The zero-order valence-electron chi connectivity index (χ0n) is 13.9. The molecule has 0 spiro atoms. The highest BCUT2D eigenvalue weighted by molar-refractivity contribution is 6.04. The van der Waals surface area contributed by atoms with Crippen molar-refractivity contribution in [3.05, 3.63) is 66.2 Å². The third-order valence-electron chi connectivity index (χ3n) is 3.47. The van der Waals surface area contributed by atoms with Crippen LogP contribution in [0.4, 0.5) is 5.69 Å². The van der Waals surface area contributed by atoms with Gasteiger partial charge in [-0.25, -0.2) is 0 Å². The van der Waals surface area contributed by atoms with E-state index in [-0.39, 0.29) is 5.41 Å². The van der Waals surface area contributed by atoms with Crippen molar-refractivity contribution in [3.63, 3.8) is 0 Å². The maximum absolute atomic E-state index is 4.73. The lowest BCUT2D eigenvalue weighted by Gasteiger charge is -2.30. The van der Waals surface area contributed by atoms with Crippen LogP contribution in [0.3, 0.4) is 0 Å². The second-order valence-corrected chi connectivity index (χ2v) is 6.43. The Balaban J connectivity index is 2.33. The van der Waals surface area contributed by atoms with Crippen molar-refractivity contribution in [2.45, 2.75) is 13.8 Å². The molecule has 1 N–H and O–H groups in total. The molecule has 0 aliphatic carbocycles. The first-order valence-electron chi connectivity index (χ1n) is 7.58. The van der Waals surface area contributed by atoms with Crippen LogP contribution in [0.2, 0.25) is 0 Å². The highest BCUT2D eigenvalue weighted by atomic mass is 15.3. The Morgan fingerprint density at radius 2 is 1.50 bits per heavy atom. The number of anilines is 1. The van der Waals surface area contributed by atoms with Gasteiger partial charge in [0.25, 0.3) is 0 Å². The Morgan fingerprint density at radius 1 is 0.955 bits per heavy atom. The third-order valence-corrected chi connectivity index (χ3v) is 3.47. The normalized spacial score (nSPS) is 12.5. The van der Waals surface area contributed by atoms with Crippen molar-refractivity contribution in [2.24, 2.45) is 10.5 Å². The molecule has 0 saturated heterocycles. The van der Waals surface area contributed by atoms with Gasteiger partial charge in [0, 0.05) is 12.0 Å². The van der Waals surface area contributed by atoms with Crippen molar-refractivity contribution >= 4 is 11.4 Å². The predicted molar refractivity (Wildman–Crippen MR) is 95.4 cm³/mol. The van der Waals surface area contributed by atoms with Gasteiger partial charge in [0.15, 0.2) is 0 Å². The molecule has 0 aliphatic heterocycles. The van der Waals surface area contributed by atoms with E-state index < -0.39 is 0 Å². The summed E-state index contributed by atoms with van der Waals surface area (Å²) in [5.74, 6) is 0. The summed E-state index contributed by atoms with van der Waals surface area (Å²) in [6, 6.07) is 20.4. The molecule has 3 nitrogen and oxygen atoms in total. The molecule has 3 heteroatoms. The summed E-state index contributed by atoms with van der Waals surface area (Å²) in [5, 5.41) is 4.73. The molecule has 2 rings (SSSR count). The molecule has 0 unspecified atom stereocenters. The lowest BCUT2D eigenvalue weighted by atomic mass is 9.83. The van der Waals surface area contributed by atoms with Gasteiger partial charge in [-0.15, -0.1) is 0 Å². The van der Waals surface area contributed by atoms with Gasteiger partial charge in [-0.3, -0.25) is 5.43 Å². The van der Waals surface area contributed by atoms with Crippen LogP contribution in [0.1, 0.15) is 19.4 Å². The van der Waals surface area contributed by atoms with E-state index in [4.69, 9.17) is 5.10 Å². The molecule has 0 heterocycles. The van der Waals surface area contributed by atoms with Crippen LogP contribution in [-0.2, 0) is 0 Å². The number of hydrogen-bond acceptors (Lipinski definition) is 3. The maximum Gasteiger partial charge on any atom is 0.0748 e. The fraction of sp³-hybridized carbons (Fsp3) is 0.316. The molecular formula is C19H25N3. The molecule has 0 radical (unpaired) electrons. The lowest BCUT2D eigenvalue weighted by Crippen LogP contribution is -2.36. The second-order valence-electron chi connectivity index (χ2n) is 6.43. The van der Waals surface area contributed by atoms with Crippen molar-refractivity contribution in [2.75, 3.05) is 26.1 Å². The van der Waals surface area contributed by atoms with E-state index >= 15 is 0 Å². The minimum atomic E-state index is -0.0629. The standard InChI is InChI=1S/C19H25N3/c1-19(2,15-22(3)4)18(16-11-7-5-8-12-16)21-20-17-13-9-6-10-14-17/h5-14,20H,15H2,1-4H3. The van der Waals surface area contributed by atoms with Gasteiger partial charge >= 0.3 is 0 Å². The van der Waals surface area contributed by atoms with E-state index in [0.717, 1.165) is 23.5 Å². The monoisotopic (exact) mass is 295 g/mol. The van der Waals surface area contributed by atoms with E-state index in [2.05, 4.69) is 62.5 Å². The molecule has 116 valence electrons. The number of nitrogens with zero attached hydrogens (tertiary/aromatic N) is 2. The summed E-state index contributed by atoms with van der Waals surface area (Å²) in [5.41, 5.74) is 6.34. The third kappa shape index (κ3) is 4.43. The van der Waals surface area contributed by atoms with Gasteiger partial charge in [-0.05, 0) is 31.8 Å². The number of hydrazone groups is 1. The fourth-order valence-corrected chi connectivity index (χ4v) is 2.70. The van der Waals surface area contributed by atoms with E-state index in [9.17, 15) is 0 Å². The molecular weight excluding hydrogens is 270 g/mol. The number of nitrogens with one attached hydrogen (secondary N) is 1. The average Bonchev–Trinajstić information content (AvgIpc) is 2.48. The van der Waals surface area contributed by atoms with Crippen molar-refractivity contribution in [3.8, 4) is 0 Å². The summed E-state index contributed by atoms with van der Waals surface area (Å²) >= 11 is 0. The zero-order valence-corrected chi connectivity index (χ0v) is 13.9. The minimum absolute atomic E-state index is 0.0629. The molecule has 0 aliphatic rings. The number of rotatable bonds is 6. The summed E-state index contributed by atoms with van der Waals surface area (Å²) in [7, 11) is 4.18. The summed E-state index contributed by atoms with van der Waals surface area (Å²) in [6.45, 7) is 5.38. The molecule has 0 bridgehead atoms. The number of para-hydroxylation sites is 1. The van der Waals surface area contributed by atoms with Crippen LogP contribution in [0.5, 0.6) is 0 Å². The first-order valence-corrected chi connectivity index (χ1v) is 7.58. The summed E-state index contributed by atoms with van der Waals surface area (Å²) in [6.07, 6.45) is 0. The lowest BCUT2D eigenvalue weighted by molar-refractivity contribution is 0.311. The maximum atomic E-state index is 4.73. The zero-order chi connectivity index (χ0) is 16.0. The summed E-state index contributed by atoms with van der Waals surface area (Å²) in [4.78, 5) is 2.20. The molecule has 0 fully saturated rings. The first-order chi connectivity index (χ1) is 10.5. The van der Waals surface area contributed by atoms with E-state index in [1.54, 1.807) is 0 Å². The van der Waals surface area contributed by atoms with Crippen LogP contribution >= 0.6 is 0 Å². The molecule has 0 amide bonds. The Kier molecular flexibility index (Phi) is 5.34. The quantitative estimate of drug-likeness (QED) is 0.642. The van der Waals surface area contributed by atoms with Gasteiger partial charge in [0.2, 0.25) is 0 Å². The largest absolute Gasteiger partial charge is 0.308 e. The molecule has 0 atom stereocenters. The Morgan fingerprint density at radius 3 is 2.05 bits per heavy atom. The van der Waals surface area contributed by atoms with Gasteiger partial charge in [-0.2, -0.15) is 5.10 Å². The van der Waals surface area contributed by atoms with E-state index in [1.165, 1.54) is 0 Å². The number of hydrogen-bond donors (Lipinski definition) is 1. The smallest absolute Gasteiger partial charge is 0.0748 e. The Hall–Kier alpha value is -2.13. The van der Waals surface area contributed by atoms with Gasteiger partial charge in [0.1, 0.15) is 0 Å². The Bertz CT molecular complexity index is 601. The van der Waals surface area contributed by atoms with Gasteiger partial charge in [-0.1, -0.05) is 62.4 Å². The predicted octanol–water partition coefficient (Wildman–Crippen LogP) is 4.09. The molecule has 2 aromatic carbocycles. The SMILES string of the molecule is CN(C)CC(C)(C)C(=NNc1ccccc1)c1ccccc1. The van der Waals surface area contributed by atoms with E-state index in [1.807, 2.05) is 36.4 Å². The van der Waals surface area contributed by atoms with Crippen LogP contribution in [0.25, 0.3) is 0 Å². The summed E-state index contributed by atoms with van der Waals surface area (Å²) < 4.78 is 0. The average molecular weight is 295 g/mol. The fourth-order valence-electron chi connectivity index (χ4n) is 2.70. The van der Waals surface area contributed by atoms with Crippen LogP contribution < -0.4 is 5.43 Å². The topological polar surface area (TPSA) is 27.6 Å². The van der Waals surface area contributed by atoms with Crippen molar-refractivity contribution in [1.82, 2.24) is 4.90 Å². The van der Waals surface area contributed by atoms with Crippen molar-refractivity contribution < 1.29 is 0 Å². The second kappa shape index (κ2) is 7.23. The number of benzene rings is 2. The molecule has 0 aromatic heterocycles. The van der Waals surface area contributed by atoms with Crippen LogP contribution in [0, 0.1) is 5.41 Å². The highest BCUT2D eigenvalue weighted by Gasteiger charge is 2.27. The van der Waals surface area contributed by atoms with Crippen LogP contribution in [0.15, 0.2) is 65.8 Å². The highest BCUT2D eigenvalue weighted by Crippen LogP contribution is 2.24.